The standard InChI is InChI=1S/C21H22F6N2O2S/c1-19(2,32(30,31)17-5-3-4-15(12-17)20(22,23)24)14-8-10-29(11-9-14)18-7-6-16(13-28-18)21(25,26)27/h3-7,12-14H,8-11H2,1-2H3. The highest BCUT2D eigenvalue weighted by molar-refractivity contribution is 7.92. The Balaban J connectivity index is 1.75. The van der Waals surface area contributed by atoms with E-state index in [1.54, 1.807) is 4.90 Å². The minimum absolute atomic E-state index is 0.354. The maximum absolute atomic E-state index is 13.2. The third-order valence-electron chi connectivity index (χ3n) is 6.04. The molecule has 1 aromatic carbocycles. The summed E-state index contributed by atoms with van der Waals surface area (Å²) in [6.07, 6.45) is -7.60. The highest BCUT2D eigenvalue weighted by Crippen LogP contribution is 2.40. The van der Waals surface area contributed by atoms with E-state index in [1.165, 1.54) is 19.9 Å². The van der Waals surface area contributed by atoms with Crippen LogP contribution >= 0.6 is 0 Å². The van der Waals surface area contributed by atoms with Crippen LogP contribution in [0.2, 0.25) is 0 Å². The van der Waals surface area contributed by atoms with Gasteiger partial charge in [0, 0.05) is 19.3 Å². The zero-order chi connectivity index (χ0) is 23.9. The van der Waals surface area contributed by atoms with Crippen molar-refractivity contribution < 1.29 is 34.8 Å². The second kappa shape index (κ2) is 8.24. The van der Waals surface area contributed by atoms with Gasteiger partial charge in [-0.15, -0.1) is 0 Å². The molecule has 1 aliphatic rings. The minimum Gasteiger partial charge on any atom is -0.357 e. The zero-order valence-corrected chi connectivity index (χ0v) is 18.2. The fourth-order valence-corrected chi connectivity index (χ4v) is 5.73. The van der Waals surface area contributed by atoms with Gasteiger partial charge in [-0.2, -0.15) is 26.3 Å². The number of anilines is 1. The quantitative estimate of drug-likeness (QED) is 0.536. The van der Waals surface area contributed by atoms with E-state index in [1.807, 2.05) is 0 Å². The SMILES string of the molecule is CC(C)(C1CCN(c2ccc(C(F)(F)F)cn2)CC1)S(=O)(=O)c1cccc(C(F)(F)F)c1. The number of benzene rings is 1. The molecule has 2 aromatic rings. The van der Waals surface area contributed by atoms with Crippen molar-refractivity contribution in [1.82, 2.24) is 4.98 Å². The summed E-state index contributed by atoms with van der Waals surface area (Å²) in [6, 6.07) is 5.92. The first kappa shape index (κ1) is 24.3. The van der Waals surface area contributed by atoms with Crippen LogP contribution in [0.4, 0.5) is 32.2 Å². The van der Waals surface area contributed by atoms with E-state index in [2.05, 4.69) is 4.98 Å². The monoisotopic (exact) mass is 480 g/mol. The molecule has 0 radical (unpaired) electrons. The molecule has 11 heteroatoms. The zero-order valence-electron chi connectivity index (χ0n) is 17.3. The van der Waals surface area contributed by atoms with Crippen molar-refractivity contribution >= 4 is 15.7 Å². The smallest absolute Gasteiger partial charge is 0.357 e. The Morgan fingerprint density at radius 2 is 1.50 bits per heavy atom. The number of hydrogen-bond donors (Lipinski definition) is 0. The molecule has 0 amide bonds. The summed E-state index contributed by atoms with van der Waals surface area (Å²) in [4.78, 5) is 5.25. The molecule has 0 unspecified atom stereocenters. The van der Waals surface area contributed by atoms with Crippen LogP contribution in [0.3, 0.4) is 0 Å². The third kappa shape index (κ3) is 4.72. The van der Waals surface area contributed by atoms with Crippen LogP contribution in [0, 0.1) is 5.92 Å². The maximum Gasteiger partial charge on any atom is 0.417 e. The van der Waals surface area contributed by atoms with E-state index in [9.17, 15) is 34.8 Å². The first-order valence-corrected chi connectivity index (χ1v) is 11.3. The lowest BCUT2D eigenvalue weighted by Crippen LogP contribution is -2.46. The lowest BCUT2D eigenvalue weighted by molar-refractivity contribution is -0.138. The number of sulfone groups is 1. The van der Waals surface area contributed by atoms with Crippen LogP contribution in [0.1, 0.15) is 37.8 Å². The Labute approximate surface area is 182 Å². The number of pyridine rings is 1. The summed E-state index contributed by atoms with van der Waals surface area (Å²) in [5, 5.41) is 0. The van der Waals surface area contributed by atoms with Crippen molar-refractivity contribution in [3.63, 3.8) is 0 Å². The molecule has 0 atom stereocenters. The van der Waals surface area contributed by atoms with Gasteiger partial charge in [0.2, 0.25) is 0 Å². The van der Waals surface area contributed by atoms with E-state index >= 15 is 0 Å². The highest BCUT2D eigenvalue weighted by atomic mass is 32.2. The van der Waals surface area contributed by atoms with Gasteiger partial charge in [0.1, 0.15) is 5.82 Å². The van der Waals surface area contributed by atoms with E-state index in [0.29, 0.717) is 37.8 Å². The molecule has 32 heavy (non-hydrogen) atoms. The van der Waals surface area contributed by atoms with E-state index in [0.717, 1.165) is 30.5 Å². The average Bonchev–Trinajstić information content (AvgIpc) is 2.72. The number of rotatable bonds is 4. The normalized spacial score (nSPS) is 16.9. The molecule has 1 aliphatic heterocycles. The molecule has 0 spiro atoms. The van der Waals surface area contributed by atoms with Gasteiger partial charge in [-0.05, 0) is 62.9 Å². The van der Waals surface area contributed by atoms with Crippen molar-refractivity contribution in [2.24, 2.45) is 5.92 Å². The van der Waals surface area contributed by atoms with E-state index in [4.69, 9.17) is 0 Å². The van der Waals surface area contributed by atoms with Crippen molar-refractivity contribution in [3.8, 4) is 0 Å². The van der Waals surface area contributed by atoms with Gasteiger partial charge >= 0.3 is 12.4 Å². The lowest BCUT2D eigenvalue weighted by Gasteiger charge is -2.40. The van der Waals surface area contributed by atoms with Crippen molar-refractivity contribution in [3.05, 3.63) is 53.7 Å². The third-order valence-corrected chi connectivity index (χ3v) is 8.63. The van der Waals surface area contributed by atoms with Crippen LogP contribution in [0.5, 0.6) is 0 Å². The molecule has 1 saturated heterocycles. The number of alkyl halides is 6. The second-order valence-corrected chi connectivity index (χ2v) is 10.8. The molecule has 1 aromatic heterocycles. The average molecular weight is 480 g/mol. The molecule has 176 valence electrons. The number of halogens is 6. The van der Waals surface area contributed by atoms with Gasteiger partial charge < -0.3 is 4.90 Å². The summed E-state index contributed by atoms with van der Waals surface area (Å²) >= 11 is 0. The van der Waals surface area contributed by atoms with Crippen LogP contribution in [0.25, 0.3) is 0 Å². The fraction of sp³-hybridized carbons (Fsp3) is 0.476. The predicted molar refractivity (Wildman–Crippen MR) is 107 cm³/mol. The Hall–Kier alpha value is -2.30. The van der Waals surface area contributed by atoms with Crippen molar-refractivity contribution in [2.45, 2.75) is 48.7 Å². The van der Waals surface area contributed by atoms with Gasteiger partial charge in [0.25, 0.3) is 0 Å². The predicted octanol–water partition coefficient (Wildman–Crippen LogP) is 5.59. The number of nitrogens with zero attached hydrogens (tertiary/aromatic N) is 2. The Bertz CT molecular complexity index is 1050. The molecule has 2 heterocycles. The topological polar surface area (TPSA) is 50.3 Å². The lowest BCUT2D eigenvalue weighted by atomic mass is 9.86. The Morgan fingerprint density at radius 1 is 0.906 bits per heavy atom. The molecule has 0 saturated carbocycles. The van der Waals surface area contributed by atoms with E-state index < -0.39 is 38.1 Å². The number of aromatic nitrogens is 1. The first-order valence-electron chi connectivity index (χ1n) is 9.84. The van der Waals surface area contributed by atoms with Crippen molar-refractivity contribution in [2.75, 3.05) is 18.0 Å². The van der Waals surface area contributed by atoms with Gasteiger partial charge in [-0.1, -0.05) is 6.07 Å². The Kier molecular flexibility index (Phi) is 6.27. The highest BCUT2D eigenvalue weighted by Gasteiger charge is 2.44. The first-order chi connectivity index (χ1) is 14.6. The summed E-state index contributed by atoms with van der Waals surface area (Å²) in [5.74, 6) is 0.00253. The largest absolute Gasteiger partial charge is 0.417 e. The van der Waals surface area contributed by atoms with Crippen LogP contribution in [0.15, 0.2) is 47.5 Å². The van der Waals surface area contributed by atoms with Crippen LogP contribution in [-0.4, -0.2) is 31.2 Å². The molecule has 4 nitrogen and oxygen atoms in total. The minimum atomic E-state index is -4.66. The molecular formula is C21H22F6N2O2S. The summed E-state index contributed by atoms with van der Waals surface area (Å²) < 4.78 is 102. The molecule has 1 fully saturated rings. The molecule has 0 aliphatic carbocycles. The second-order valence-electron chi connectivity index (χ2n) is 8.30. The number of hydrogen-bond acceptors (Lipinski definition) is 4. The maximum atomic E-state index is 13.2. The number of piperidine rings is 1. The summed E-state index contributed by atoms with van der Waals surface area (Å²) in [6.45, 7) is 3.73. The van der Waals surface area contributed by atoms with Gasteiger partial charge in [-0.3, -0.25) is 0 Å². The van der Waals surface area contributed by atoms with Crippen LogP contribution < -0.4 is 4.90 Å². The van der Waals surface area contributed by atoms with Gasteiger partial charge in [-0.25, -0.2) is 13.4 Å². The molecule has 0 bridgehead atoms. The van der Waals surface area contributed by atoms with Gasteiger partial charge in [0.15, 0.2) is 9.84 Å². The van der Waals surface area contributed by atoms with Crippen molar-refractivity contribution in [1.29, 1.82) is 0 Å². The van der Waals surface area contributed by atoms with Gasteiger partial charge in [0.05, 0.1) is 20.8 Å². The Morgan fingerprint density at radius 3 is 2.00 bits per heavy atom. The van der Waals surface area contributed by atoms with Crippen LogP contribution in [-0.2, 0) is 22.2 Å². The fourth-order valence-electron chi connectivity index (χ4n) is 3.91. The molecule has 3 rings (SSSR count). The summed E-state index contributed by atoms with van der Waals surface area (Å²) in [5.41, 5.74) is -1.89. The molecular weight excluding hydrogens is 458 g/mol. The summed E-state index contributed by atoms with van der Waals surface area (Å²) in [7, 11) is -4.08. The molecule has 0 N–H and O–H groups in total. The van der Waals surface area contributed by atoms with E-state index in [-0.39, 0.29) is 10.8 Å².